The predicted molar refractivity (Wildman–Crippen MR) is 42.1 cm³/mol. The van der Waals surface area contributed by atoms with Gasteiger partial charge in [-0.25, -0.2) is 0 Å². The van der Waals surface area contributed by atoms with Crippen molar-refractivity contribution in [3.8, 4) is 0 Å². The third-order valence-electron chi connectivity index (χ3n) is 1.53. The molecule has 0 radical (unpaired) electrons. The van der Waals surface area contributed by atoms with Crippen molar-refractivity contribution in [2.24, 2.45) is 0 Å². The average Bonchev–Trinajstić information content (AvgIpc) is 1.89. The molecule has 2 N–H and O–H groups in total. The molecule has 67 valence electrons. The molecule has 0 fully saturated rings. The van der Waals surface area contributed by atoms with Gasteiger partial charge in [0.2, 0.25) is 0 Å². The van der Waals surface area contributed by atoms with Crippen molar-refractivity contribution in [3.63, 3.8) is 0 Å². The van der Waals surface area contributed by atoms with Gasteiger partial charge in [0.15, 0.2) is 0 Å². The van der Waals surface area contributed by atoms with E-state index in [0.29, 0.717) is 0 Å². The van der Waals surface area contributed by atoms with Gasteiger partial charge in [0.1, 0.15) is 0 Å². The quantitative estimate of drug-likeness (QED) is 0.557. The van der Waals surface area contributed by atoms with Crippen molar-refractivity contribution in [3.05, 3.63) is 0 Å². The van der Waals surface area contributed by atoms with Crippen LogP contribution in [0.4, 0.5) is 0 Å². The average molecular weight is 326 g/mol. The van der Waals surface area contributed by atoms with E-state index in [2.05, 4.69) is 6.92 Å². The molecule has 0 rings (SSSR count). The van der Waals surface area contributed by atoms with Crippen LogP contribution in [0.2, 0.25) is 4.18 Å². The van der Waals surface area contributed by atoms with Crippen LogP contribution in [0.3, 0.4) is 0 Å². The third-order valence-corrected chi connectivity index (χ3v) is 2.80. The Morgan fingerprint density at radius 2 is 1.27 bits per heavy atom. The van der Waals surface area contributed by atoms with Crippen LogP contribution in [0.1, 0.15) is 45.4 Å². The smallest absolute Gasteiger partial charge is 0.870 e. The van der Waals surface area contributed by atoms with Gasteiger partial charge in [0.05, 0.1) is 0 Å². The molecule has 0 heterocycles. The van der Waals surface area contributed by atoms with Crippen molar-refractivity contribution >= 4 is 0 Å². The predicted octanol–water partition coefficient (Wildman–Crippen LogP) is 2.96. The Hall–Kier alpha value is 0.790. The Morgan fingerprint density at radius 1 is 0.818 bits per heavy atom. The summed E-state index contributed by atoms with van der Waals surface area (Å²) in [5, 5.41) is 0. The Balaban J connectivity index is -0.000000320. The third kappa shape index (κ3) is 18.1. The number of hydrogen-bond donors (Lipinski definition) is 0. The topological polar surface area (TPSA) is 60.0 Å². The van der Waals surface area contributed by atoms with Crippen molar-refractivity contribution < 1.29 is 35.3 Å². The van der Waals surface area contributed by atoms with Gasteiger partial charge < -0.3 is 11.0 Å². The monoisotopic (exact) mass is 327 g/mol. The largest absolute Gasteiger partial charge is 0.870 e. The fraction of sp³-hybridized carbons (Fsp3) is 1.00. The van der Waals surface area contributed by atoms with Gasteiger partial charge in [-0.05, 0) is 0 Å². The molecule has 0 saturated carbocycles. The second-order valence-corrected chi connectivity index (χ2v) is 4.31. The summed E-state index contributed by atoms with van der Waals surface area (Å²) in [6, 6.07) is 0. The van der Waals surface area contributed by atoms with E-state index in [-0.39, 0.29) is 11.0 Å². The SMILES string of the molecule is CCCCCCC[CH2][Hf+2].[OH-].[OH-]. The van der Waals surface area contributed by atoms with Crippen LogP contribution in [0.15, 0.2) is 0 Å². The first-order chi connectivity index (χ1) is 4.41. The van der Waals surface area contributed by atoms with E-state index in [4.69, 9.17) is 0 Å². The van der Waals surface area contributed by atoms with Gasteiger partial charge in [0, 0.05) is 0 Å². The normalized spacial score (nSPS) is 8.27. The minimum absolute atomic E-state index is 0. The maximum Gasteiger partial charge on any atom is -0.870 e. The maximum absolute atomic E-state index is 2.27. The molecule has 0 aromatic rings. The summed E-state index contributed by atoms with van der Waals surface area (Å²) < 4.78 is 1.51. The molecule has 0 bridgehead atoms. The van der Waals surface area contributed by atoms with E-state index in [1.165, 1.54) is 67.1 Å². The van der Waals surface area contributed by atoms with Gasteiger partial charge in [-0.2, -0.15) is 0 Å². The molecule has 0 saturated heterocycles. The first-order valence-corrected chi connectivity index (χ1v) is 6.60. The van der Waals surface area contributed by atoms with E-state index in [9.17, 15) is 0 Å². The number of unbranched alkanes of at least 4 members (excludes halogenated alkanes) is 5. The first kappa shape index (κ1) is 17.8. The van der Waals surface area contributed by atoms with Crippen molar-refractivity contribution in [1.29, 1.82) is 0 Å². The second-order valence-electron chi connectivity index (χ2n) is 2.52. The molecule has 2 nitrogen and oxygen atoms in total. The Labute approximate surface area is 84.9 Å². The summed E-state index contributed by atoms with van der Waals surface area (Å²) in [5.74, 6) is 0. The summed E-state index contributed by atoms with van der Waals surface area (Å²) in [6.45, 7) is 2.27. The Bertz CT molecular complexity index is 45.4. The zero-order valence-corrected chi connectivity index (χ0v) is 10.9. The van der Waals surface area contributed by atoms with Crippen LogP contribution in [0, 0.1) is 0 Å². The van der Waals surface area contributed by atoms with Crippen LogP contribution in [-0.4, -0.2) is 11.0 Å². The molecular formula is C8H19HfO2. The number of rotatable bonds is 6. The summed E-state index contributed by atoms with van der Waals surface area (Å²) >= 11 is 1.41. The summed E-state index contributed by atoms with van der Waals surface area (Å²) in [6.07, 6.45) is 8.76. The molecule has 0 aromatic heterocycles. The molecule has 11 heavy (non-hydrogen) atoms. The Kier molecular flexibility index (Phi) is 27.5. The van der Waals surface area contributed by atoms with E-state index in [1.54, 1.807) is 0 Å². The molecule has 3 heteroatoms. The summed E-state index contributed by atoms with van der Waals surface area (Å²) in [5.41, 5.74) is 0. The van der Waals surface area contributed by atoms with Gasteiger partial charge in [0.25, 0.3) is 0 Å². The van der Waals surface area contributed by atoms with Gasteiger partial charge in [-0.3, -0.25) is 0 Å². The van der Waals surface area contributed by atoms with Crippen molar-refractivity contribution in [1.82, 2.24) is 0 Å². The zero-order chi connectivity index (χ0) is 6.95. The van der Waals surface area contributed by atoms with Crippen LogP contribution >= 0.6 is 0 Å². The summed E-state index contributed by atoms with van der Waals surface area (Å²) in [4.78, 5) is 0. The molecule has 0 unspecified atom stereocenters. The zero-order valence-electron chi connectivity index (χ0n) is 7.34. The standard InChI is InChI=1S/C8H17.Hf.2H2O/c1-3-5-7-8-6-4-2;;;/h1,3-8H2,2H3;;2*1H2/q;+2;;/p-2. The molecular weight excluding hydrogens is 307 g/mol. The second kappa shape index (κ2) is 17.0. The van der Waals surface area contributed by atoms with Crippen LogP contribution in [0.25, 0.3) is 0 Å². The van der Waals surface area contributed by atoms with Crippen LogP contribution < -0.4 is 0 Å². The van der Waals surface area contributed by atoms with Gasteiger partial charge in [-0.15, -0.1) is 0 Å². The number of hydrogen-bond acceptors (Lipinski definition) is 2. The molecule has 0 spiro atoms. The fourth-order valence-electron chi connectivity index (χ4n) is 0.905. The molecule has 0 aliphatic carbocycles. The summed E-state index contributed by atoms with van der Waals surface area (Å²) in [7, 11) is 0. The van der Waals surface area contributed by atoms with Crippen molar-refractivity contribution in [2.75, 3.05) is 0 Å². The molecule has 0 aliphatic heterocycles. The fourth-order valence-corrected chi connectivity index (χ4v) is 1.80. The van der Waals surface area contributed by atoms with E-state index >= 15 is 0 Å². The molecule has 0 atom stereocenters. The molecule has 0 aromatic carbocycles. The first-order valence-electron chi connectivity index (χ1n) is 4.06. The van der Waals surface area contributed by atoms with Gasteiger partial charge in [-0.1, -0.05) is 0 Å². The van der Waals surface area contributed by atoms with Crippen LogP contribution in [-0.2, 0) is 24.4 Å². The van der Waals surface area contributed by atoms with Crippen molar-refractivity contribution in [2.45, 2.75) is 49.6 Å². The molecule has 0 aliphatic rings. The minimum Gasteiger partial charge on any atom is -0.870 e. The Morgan fingerprint density at radius 3 is 1.73 bits per heavy atom. The van der Waals surface area contributed by atoms with E-state index < -0.39 is 0 Å². The minimum atomic E-state index is 0. The maximum atomic E-state index is 2.27. The van der Waals surface area contributed by atoms with Crippen LogP contribution in [0.5, 0.6) is 0 Å². The van der Waals surface area contributed by atoms with E-state index in [0.717, 1.165) is 0 Å². The molecule has 0 amide bonds. The van der Waals surface area contributed by atoms with E-state index in [1.807, 2.05) is 0 Å². The van der Waals surface area contributed by atoms with Gasteiger partial charge >= 0.3 is 74.0 Å².